The third kappa shape index (κ3) is 5.54. The zero-order valence-corrected chi connectivity index (χ0v) is 16.6. The third-order valence-electron chi connectivity index (χ3n) is 4.05. The van der Waals surface area contributed by atoms with Gasteiger partial charge >= 0.3 is 6.61 Å². The number of halogens is 2. The van der Waals surface area contributed by atoms with Gasteiger partial charge in [-0.3, -0.25) is 9.52 Å². The molecular weight excluding hydrogens is 414 g/mol. The van der Waals surface area contributed by atoms with E-state index in [1.807, 2.05) is 6.92 Å². The van der Waals surface area contributed by atoms with E-state index in [1.165, 1.54) is 48.5 Å². The van der Waals surface area contributed by atoms with E-state index in [4.69, 9.17) is 0 Å². The number of anilines is 2. The number of amides is 1. The van der Waals surface area contributed by atoms with Gasteiger partial charge in [0.15, 0.2) is 0 Å². The Morgan fingerprint density at radius 1 is 0.933 bits per heavy atom. The van der Waals surface area contributed by atoms with Crippen LogP contribution in [-0.4, -0.2) is 20.9 Å². The fourth-order valence-corrected chi connectivity index (χ4v) is 3.67. The Hall–Kier alpha value is -3.46. The Morgan fingerprint density at radius 3 is 2.20 bits per heavy atom. The van der Waals surface area contributed by atoms with Crippen LogP contribution in [0.3, 0.4) is 0 Å². The smallest absolute Gasteiger partial charge is 0.387 e. The molecule has 9 heteroatoms. The number of carbonyl (C=O) groups excluding carboxylic acids is 1. The molecule has 0 heterocycles. The minimum atomic E-state index is -3.89. The molecule has 0 radical (unpaired) electrons. The van der Waals surface area contributed by atoms with Crippen molar-refractivity contribution < 1.29 is 26.7 Å². The monoisotopic (exact) mass is 432 g/mol. The van der Waals surface area contributed by atoms with E-state index in [1.54, 1.807) is 24.3 Å². The Bertz CT molecular complexity index is 1130. The van der Waals surface area contributed by atoms with E-state index in [0.717, 1.165) is 5.56 Å². The van der Waals surface area contributed by atoms with Crippen LogP contribution in [0.2, 0.25) is 0 Å². The molecule has 6 nitrogen and oxygen atoms in total. The Balaban J connectivity index is 1.73. The van der Waals surface area contributed by atoms with Crippen molar-refractivity contribution in [2.75, 3.05) is 10.0 Å². The average Bonchev–Trinajstić information content (AvgIpc) is 2.71. The molecule has 156 valence electrons. The van der Waals surface area contributed by atoms with Crippen molar-refractivity contribution in [2.24, 2.45) is 0 Å². The van der Waals surface area contributed by atoms with Crippen molar-refractivity contribution in [3.05, 3.63) is 83.9 Å². The number of ether oxygens (including phenoxy) is 1. The van der Waals surface area contributed by atoms with Gasteiger partial charge in [0, 0.05) is 16.9 Å². The van der Waals surface area contributed by atoms with Crippen LogP contribution in [-0.2, 0) is 10.0 Å². The molecule has 3 aromatic rings. The molecular formula is C21H18F2N2O4S. The van der Waals surface area contributed by atoms with Crippen LogP contribution in [0.15, 0.2) is 77.7 Å². The SMILES string of the molecule is Cc1ccc(NS(=O)(=O)c2cccc(C(=O)Nc3ccc(OC(F)F)cc3)c2)cc1. The molecule has 0 fully saturated rings. The van der Waals surface area contributed by atoms with Gasteiger partial charge in [-0.2, -0.15) is 8.78 Å². The summed E-state index contributed by atoms with van der Waals surface area (Å²) < 4.78 is 56.4. The maximum absolute atomic E-state index is 12.6. The van der Waals surface area contributed by atoms with Gasteiger partial charge in [-0.05, 0) is 61.5 Å². The molecule has 0 saturated heterocycles. The number of rotatable bonds is 7. The number of aryl methyl sites for hydroxylation is 1. The van der Waals surface area contributed by atoms with Crippen molar-refractivity contribution in [3.8, 4) is 5.75 Å². The molecule has 3 aromatic carbocycles. The lowest BCUT2D eigenvalue weighted by Crippen LogP contribution is -2.16. The maximum Gasteiger partial charge on any atom is 0.387 e. The second-order valence-corrected chi connectivity index (χ2v) is 8.04. The number of hydrogen-bond acceptors (Lipinski definition) is 4. The van der Waals surface area contributed by atoms with Crippen molar-refractivity contribution in [3.63, 3.8) is 0 Å². The lowest BCUT2D eigenvalue weighted by molar-refractivity contribution is -0.0498. The molecule has 2 N–H and O–H groups in total. The summed E-state index contributed by atoms with van der Waals surface area (Å²) in [6, 6.07) is 17.8. The predicted octanol–water partition coefficient (Wildman–Crippen LogP) is 4.65. The molecule has 3 rings (SSSR count). The topological polar surface area (TPSA) is 84.5 Å². The summed E-state index contributed by atoms with van der Waals surface area (Å²) in [7, 11) is -3.89. The van der Waals surface area contributed by atoms with E-state index >= 15 is 0 Å². The van der Waals surface area contributed by atoms with Crippen molar-refractivity contribution >= 4 is 27.3 Å². The number of benzene rings is 3. The van der Waals surface area contributed by atoms with E-state index in [-0.39, 0.29) is 16.2 Å². The minimum absolute atomic E-state index is 0.0433. The number of nitrogens with one attached hydrogen (secondary N) is 2. The molecule has 0 saturated carbocycles. The van der Waals surface area contributed by atoms with E-state index in [9.17, 15) is 22.0 Å². The van der Waals surface area contributed by atoms with Crippen LogP contribution in [0, 0.1) is 6.92 Å². The first-order chi connectivity index (χ1) is 14.2. The van der Waals surface area contributed by atoms with Gasteiger partial charge in [-0.15, -0.1) is 0 Å². The van der Waals surface area contributed by atoms with E-state index < -0.39 is 22.5 Å². The third-order valence-corrected chi connectivity index (χ3v) is 5.43. The first-order valence-corrected chi connectivity index (χ1v) is 10.3. The number of sulfonamides is 1. The first kappa shape index (κ1) is 21.3. The quantitative estimate of drug-likeness (QED) is 0.569. The standard InChI is InChI=1S/C21H18F2N2O4S/c1-14-5-7-17(8-6-14)25-30(27,28)19-4-2-3-15(13-19)20(26)24-16-9-11-18(12-10-16)29-21(22)23/h2-13,21,25H,1H3,(H,24,26). The molecule has 30 heavy (non-hydrogen) atoms. The summed E-state index contributed by atoms with van der Waals surface area (Å²) in [5.41, 5.74) is 1.86. The molecule has 0 bridgehead atoms. The molecule has 0 atom stereocenters. The van der Waals surface area contributed by atoms with Gasteiger partial charge < -0.3 is 10.1 Å². The summed E-state index contributed by atoms with van der Waals surface area (Å²) in [6.07, 6.45) is 0. The highest BCUT2D eigenvalue weighted by atomic mass is 32.2. The molecule has 0 aromatic heterocycles. The lowest BCUT2D eigenvalue weighted by atomic mass is 10.2. The van der Waals surface area contributed by atoms with Gasteiger partial charge in [-0.1, -0.05) is 23.8 Å². The maximum atomic E-state index is 12.6. The van der Waals surface area contributed by atoms with Gasteiger partial charge in [0.05, 0.1) is 4.90 Å². The van der Waals surface area contributed by atoms with Crippen LogP contribution >= 0.6 is 0 Å². The lowest BCUT2D eigenvalue weighted by Gasteiger charge is -2.10. The second-order valence-electron chi connectivity index (χ2n) is 6.36. The zero-order chi connectivity index (χ0) is 21.7. The highest BCUT2D eigenvalue weighted by molar-refractivity contribution is 7.92. The van der Waals surface area contributed by atoms with Crippen LogP contribution in [0.4, 0.5) is 20.2 Å². The second kappa shape index (κ2) is 8.91. The van der Waals surface area contributed by atoms with Gasteiger partial charge in [0.25, 0.3) is 15.9 Å². The normalized spacial score (nSPS) is 11.2. The van der Waals surface area contributed by atoms with Crippen molar-refractivity contribution in [2.45, 2.75) is 18.4 Å². The van der Waals surface area contributed by atoms with E-state index in [0.29, 0.717) is 11.4 Å². The van der Waals surface area contributed by atoms with Crippen LogP contribution in [0.5, 0.6) is 5.75 Å². The summed E-state index contributed by atoms with van der Waals surface area (Å²) in [5, 5.41) is 2.58. The fourth-order valence-electron chi connectivity index (χ4n) is 2.56. The first-order valence-electron chi connectivity index (χ1n) is 8.79. The predicted molar refractivity (Wildman–Crippen MR) is 109 cm³/mol. The van der Waals surface area contributed by atoms with Crippen LogP contribution in [0.25, 0.3) is 0 Å². The van der Waals surface area contributed by atoms with Gasteiger partial charge in [-0.25, -0.2) is 8.42 Å². The summed E-state index contributed by atoms with van der Waals surface area (Å²) in [4.78, 5) is 12.4. The largest absolute Gasteiger partial charge is 0.435 e. The summed E-state index contributed by atoms with van der Waals surface area (Å²) in [6.45, 7) is -1.05. The fraction of sp³-hybridized carbons (Fsp3) is 0.0952. The van der Waals surface area contributed by atoms with Gasteiger partial charge in [0.1, 0.15) is 5.75 Å². The van der Waals surface area contributed by atoms with Crippen molar-refractivity contribution in [1.29, 1.82) is 0 Å². The van der Waals surface area contributed by atoms with E-state index in [2.05, 4.69) is 14.8 Å². The Labute approximate surface area is 172 Å². The Morgan fingerprint density at radius 2 is 1.57 bits per heavy atom. The van der Waals surface area contributed by atoms with Gasteiger partial charge in [0.2, 0.25) is 0 Å². The highest BCUT2D eigenvalue weighted by Gasteiger charge is 2.17. The number of carbonyl (C=O) groups is 1. The highest BCUT2D eigenvalue weighted by Crippen LogP contribution is 2.20. The summed E-state index contributed by atoms with van der Waals surface area (Å²) >= 11 is 0. The molecule has 0 aliphatic rings. The van der Waals surface area contributed by atoms with Crippen molar-refractivity contribution in [1.82, 2.24) is 0 Å². The van der Waals surface area contributed by atoms with Crippen LogP contribution < -0.4 is 14.8 Å². The summed E-state index contributed by atoms with van der Waals surface area (Å²) in [5.74, 6) is -0.594. The molecule has 0 aliphatic heterocycles. The minimum Gasteiger partial charge on any atom is -0.435 e. The number of alkyl halides is 2. The zero-order valence-electron chi connectivity index (χ0n) is 15.8. The van der Waals surface area contributed by atoms with Crippen LogP contribution in [0.1, 0.15) is 15.9 Å². The average molecular weight is 432 g/mol. The molecule has 0 unspecified atom stereocenters. The molecule has 0 aliphatic carbocycles. The number of hydrogen-bond donors (Lipinski definition) is 2. The molecule has 1 amide bonds. The Kier molecular flexibility index (Phi) is 6.31. The molecule has 0 spiro atoms.